The quantitative estimate of drug-likeness (QED) is 0.298. The van der Waals surface area contributed by atoms with Crippen LogP contribution < -0.4 is 0 Å². The number of benzene rings is 2. The molecule has 4 heterocycles. The van der Waals surface area contributed by atoms with Crippen molar-refractivity contribution in [2.45, 2.75) is 30.3 Å². The first-order chi connectivity index (χ1) is 18.9. The van der Waals surface area contributed by atoms with Crippen molar-refractivity contribution in [3.63, 3.8) is 0 Å². The molecule has 0 bridgehead atoms. The first-order valence-electron chi connectivity index (χ1n) is 12.4. The minimum absolute atomic E-state index is 0.205. The van der Waals surface area contributed by atoms with Gasteiger partial charge in [-0.15, -0.1) is 11.3 Å². The Morgan fingerprint density at radius 1 is 1.10 bits per heavy atom. The molecule has 1 N–H and O–H groups in total. The fourth-order valence-electron chi connectivity index (χ4n) is 5.29. The van der Waals surface area contributed by atoms with Gasteiger partial charge in [0.25, 0.3) is 10.0 Å². The van der Waals surface area contributed by atoms with Crippen LogP contribution in [0.5, 0.6) is 0 Å². The van der Waals surface area contributed by atoms with Gasteiger partial charge in [-0.2, -0.15) is 0 Å². The molecule has 194 valence electrons. The second-order valence-corrected chi connectivity index (χ2v) is 12.3. The summed E-state index contributed by atoms with van der Waals surface area (Å²) in [6.07, 6.45) is 6.09. The summed E-state index contributed by atoms with van der Waals surface area (Å²) in [5.74, 6) is 0.510. The summed E-state index contributed by atoms with van der Waals surface area (Å²) in [6, 6.07) is 17.7. The van der Waals surface area contributed by atoms with E-state index in [1.54, 1.807) is 55.0 Å². The van der Waals surface area contributed by atoms with E-state index in [-0.39, 0.29) is 4.90 Å². The number of thiazole rings is 1. The highest BCUT2D eigenvalue weighted by Crippen LogP contribution is 2.44. The van der Waals surface area contributed by atoms with Crippen LogP contribution in [-0.2, 0) is 22.0 Å². The number of aromatic nitrogens is 4. The predicted octanol–water partition coefficient (Wildman–Crippen LogP) is 5.54. The lowest BCUT2D eigenvalue weighted by Crippen LogP contribution is -2.23. The van der Waals surface area contributed by atoms with Crippen LogP contribution in [0.15, 0.2) is 94.1 Å². The SMILES string of the molecule is Cc1noc2c1CCC2(O)c1cccc(-c2csc(-c3cn(S(=O)(=O)c4ccccc4)c4ccncc34)n2)c1. The Balaban J connectivity index is 1.29. The van der Waals surface area contributed by atoms with E-state index in [1.807, 2.05) is 36.6 Å². The molecule has 1 atom stereocenters. The second kappa shape index (κ2) is 8.70. The normalized spacial score (nSPS) is 17.1. The molecule has 0 fully saturated rings. The molecule has 0 saturated heterocycles. The molecular formula is C29H22N4O4S2. The molecule has 39 heavy (non-hydrogen) atoms. The van der Waals surface area contributed by atoms with E-state index < -0.39 is 15.6 Å². The van der Waals surface area contributed by atoms with Crippen LogP contribution in [0.1, 0.15) is 29.0 Å². The Bertz CT molecular complexity index is 1970. The lowest BCUT2D eigenvalue weighted by atomic mass is 9.90. The molecule has 6 aromatic rings. The van der Waals surface area contributed by atoms with Crippen LogP contribution in [0.2, 0.25) is 0 Å². The number of aryl methyl sites for hydroxylation is 1. The van der Waals surface area contributed by atoms with Crippen molar-refractivity contribution >= 4 is 32.3 Å². The first kappa shape index (κ1) is 24.0. The summed E-state index contributed by atoms with van der Waals surface area (Å²) in [5.41, 5.74) is 4.04. The van der Waals surface area contributed by atoms with E-state index in [4.69, 9.17) is 9.51 Å². The van der Waals surface area contributed by atoms with E-state index in [1.165, 1.54) is 15.3 Å². The second-order valence-electron chi connectivity index (χ2n) is 9.60. The van der Waals surface area contributed by atoms with Gasteiger partial charge < -0.3 is 9.63 Å². The summed E-state index contributed by atoms with van der Waals surface area (Å²) < 4.78 is 33.8. The average molecular weight is 555 g/mol. The van der Waals surface area contributed by atoms with Crippen molar-refractivity contribution in [2.75, 3.05) is 0 Å². The highest BCUT2D eigenvalue weighted by atomic mass is 32.2. The van der Waals surface area contributed by atoms with Crippen molar-refractivity contribution in [3.8, 4) is 21.8 Å². The van der Waals surface area contributed by atoms with Gasteiger partial charge in [-0.05, 0) is 49.6 Å². The van der Waals surface area contributed by atoms with E-state index in [0.717, 1.165) is 28.1 Å². The zero-order chi connectivity index (χ0) is 26.8. The number of rotatable bonds is 5. The molecule has 1 aliphatic carbocycles. The maximum Gasteiger partial charge on any atom is 0.268 e. The van der Waals surface area contributed by atoms with Crippen molar-refractivity contribution < 1.29 is 18.0 Å². The molecule has 0 radical (unpaired) electrons. The summed E-state index contributed by atoms with van der Waals surface area (Å²) in [7, 11) is -3.82. The number of fused-ring (bicyclic) bond motifs is 2. The topological polar surface area (TPSA) is 111 Å². The monoisotopic (exact) mass is 554 g/mol. The van der Waals surface area contributed by atoms with E-state index in [9.17, 15) is 13.5 Å². The molecule has 0 spiro atoms. The number of nitrogens with zero attached hydrogens (tertiary/aromatic N) is 4. The highest BCUT2D eigenvalue weighted by molar-refractivity contribution is 7.90. The Kier molecular flexibility index (Phi) is 5.35. The number of hydrogen-bond acceptors (Lipinski definition) is 8. The van der Waals surface area contributed by atoms with Gasteiger partial charge in [0, 0.05) is 46.0 Å². The smallest absolute Gasteiger partial charge is 0.268 e. The van der Waals surface area contributed by atoms with Gasteiger partial charge in [-0.25, -0.2) is 17.4 Å². The molecule has 10 heteroatoms. The summed E-state index contributed by atoms with van der Waals surface area (Å²) in [4.78, 5) is 9.32. The minimum atomic E-state index is -3.82. The Morgan fingerprint density at radius 3 is 2.79 bits per heavy atom. The average Bonchev–Trinajstić information content (AvgIpc) is 3.74. The Morgan fingerprint density at radius 2 is 1.95 bits per heavy atom. The molecule has 1 unspecified atom stereocenters. The lowest BCUT2D eigenvalue weighted by molar-refractivity contribution is 0.0534. The lowest BCUT2D eigenvalue weighted by Gasteiger charge is -2.22. The number of hydrogen-bond donors (Lipinski definition) is 1. The standard InChI is InChI=1S/C29H22N4O4S2/c1-18-22-10-12-29(34,27(22)37-32-18)20-7-5-6-19(14-20)25-17-38-28(31-25)24-16-33(26-11-13-30-15-23(24)26)39(35,36)21-8-3-2-4-9-21/h2-9,11,13-17,34H,10,12H2,1H3. The van der Waals surface area contributed by atoms with Crippen molar-refractivity contribution in [3.05, 3.63) is 107 Å². The molecule has 8 nitrogen and oxygen atoms in total. The van der Waals surface area contributed by atoms with Crippen LogP contribution in [0, 0.1) is 6.92 Å². The Hall–Kier alpha value is -4.12. The number of aliphatic hydroxyl groups is 1. The van der Waals surface area contributed by atoms with Crippen molar-refractivity contribution in [2.24, 2.45) is 0 Å². The zero-order valence-corrected chi connectivity index (χ0v) is 22.4. The highest BCUT2D eigenvalue weighted by Gasteiger charge is 2.43. The van der Waals surface area contributed by atoms with Crippen LogP contribution in [0.25, 0.3) is 32.7 Å². The van der Waals surface area contributed by atoms with Crippen molar-refractivity contribution in [1.82, 2.24) is 19.1 Å². The Labute approximate surface area is 228 Å². The molecular weight excluding hydrogens is 532 g/mol. The fraction of sp³-hybridized carbons (Fsp3) is 0.138. The van der Waals surface area contributed by atoms with Gasteiger partial charge in [0.05, 0.1) is 21.8 Å². The van der Waals surface area contributed by atoms with Gasteiger partial charge in [0.1, 0.15) is 5.01 Å². The van der Waals surface area contributed by atoms with E-state index in [0.29, 0.717) is 40.1 Å². The predicted molar refractivity (Wildman–Crippen MR) is 148 cm³/mol. The minimum Gasteiger partial charge on any atom is -0.377 e. The molecule has 7 rings (SSSR count). The van der Waals surface area contributed by atoms with Crippen LogP contribution >= 0.6 is 11.3 Å². The summed E-state index contributed by atoms with van der Waals surface area (Å²) >= 11 is 1.42. The van der Waals surface area contributed by atoms with Crippen molar-refractivity contribution in [1.29, 1.82) is 0 Å². The molecule has 2 aromatic carbocycles. The third kappa shape index (κ3) is 3.67. The van der Waals surface area contributed by atoms with E-state index >= 15 is 0 Å². The maximum atomic E-state index is 13.5. The largest absolute Gasteiger partial charge is 0.377 e. The third-order valence-electron chi connectivity index (χ3n) is 7.34. The first-order valence-corrected chi connectivity index (χ1v) is 14.7. The van der Waals surface area contributed by atoms with Crippen LogP contribution in [0.3, 0.4) is 0 Å². The maximum absolute atomic E-state index is 13.5. The molecule has 0 aliphatic heterocycles. The summed E-state index contributed by atoms with van der Waals surface area (Å²) in [5, 5.41) is 18.9. The van der Waals surface area contributed by atoms with Crippen LogP contribution in [-0.4, -0.2) is 32.6 Å². The van der Waals surface area contributed by atoms with Gasteiger partial charge >= 0.3 is 0 Å². The van der Waals surface area contributed by atoms with Gasteiger partial charge in [0.2, 0.25) is 0 Å². The zero-order valence-electron chi connectivity index (χ0n) is 20.8. The third-order valence-corrected chi connectivity index (χ3v) is 9.90. The molecule has 4 aromatic heterocycles. The fourth-order valence-corrected chi connectivity index (χ4v) is 7.53. The van der Waals surface area contributed by atoms with Gasteiger partial charge in [0.15, 0.2) is 11.4 Å². The van der Waals surface area contributed by atoms with Crippen LogP contribution in [0.4, 0.5) is 0 Å². The molecule has 0 saturated carbocycles. The van der Waals surface area contributed by atoms with E-state index in [2.05, 4.69) is 10.1 Å². The molecule has 1 aliphatic rings. The molecule has 0 amide bonds. The summed E-state index contributed by atoms with van der Waals surface area (Å²) in [6.45, 7) is 1.89. The van der Waals surface area contributed by atoms with Gasteiger partial charge in [-0.3, -0.25) is 4.98 Å². The number of pyridine rings is 1. The van der Waals surface area contributed by atoms with Gasteiger partial charge in [-0.1, -0.05) is 41.6 Å².